The van der Waals surface area contributed by atoms with Crippen molar-refractivity contribution < 1.29 is 71.5 Å². The van der Waals surface area contributed by atoms with Crippen LogP contribution in [-0.4, -0.2) is 107 Å². The number of carbonyl (C=O) groups is 1. The minimum Gasteiger partial charge on any atom is -0.394 e. The van der Waals surface area contributed by atoms with E-state index in [9.17, 15) is 44.1 Å². The Hall–Kier alpha value is -3.01. The van der Waals surface area contributed by atoms with Crippen LogP contribution in [0.3, 0.4) is 0 Å². The number of imidazole rings is 1. The lowest BCUT2D eigenvalue weighted by atomic mass is 10.2. The number of hydrogen-bond acceptors (Lipinski definition) is 16. The van der Waals surface area contributed by atoms with Gasteiger partial charge in [-0.3, -0.25) is 18.4 Å². The number of nitrogens with two attached hydrogens (primary N) is 2. The smallest absolute Gasteiger partial charge is 0.394 e. The van der Waals surface area contributed by atoms with Crippen LogP contribution in [0.1, 0.15) is 22.8 Å². The van der Waals surface area contributed by atoms with Crippen LogP contribution < -0.4 is 16.0 Å². The van der Waals surface area contributed by atoms with Gasteiger partial charge in [-0.15, -0.1) is 0 Å². The maximum absolute atomic E-state index is 12.2. The zero-order valence-corrected chi connectivity index (χ0v) is 24.5. The summed E-state index contributed by atoms with van der Waals surface area (Å²) >= 11 is 0. The molecule has 10 N–H and O–H groups in total. The normalized spacial score (nSPS) is 17.4. The second kappa shape index (κ2) is 15.8. The molecule has 0 spiro atoms. The highest BCUT2D eigenvalue weighted by Gasteiger charge is 2.36. The van der Waals surface area contributed by atoms with Crippen LogP contribution in [0.25, 0.3) is 11.2 Å². The number of nitrogen functional groups attached to an aromatic ring is 1. The molecule has 0 fully saturated rings. The molecule has 3 rings (SSSR count). The zero-order valence-electron chi connectivity index (χ0n) is 22.8. The Morgan fingerprint density at radius 1 is 0.977 bits per heavy atom. The fourth-order valence-electron chi connectivity index (χ4n) is 3.63. The molecule has 0 aromatic carbocycles. The van der Waals surface area contributed by atoms with E-state index >= 15 is 0 Å². The summed E-state index contributed by atoms with van der Waals surface area (Å²) in [6.45, 7) is -3.89. The molecular formula is C21H32N7O14P2+. The second-order valence-electron chi connectivity index (χ2n) is 8.69. The van der Waals surface area contributed by atoms with Crippen molar-refractivity contribution in [3.8, 4) is 0 Å². The fourth-order valence-corrected chi connectivity index (χ4v) is 5.66. The van der Waals surface area contributed by atoms with Gasteiger partial charge in [0.15, 0.2) is 36.2 Å². The zero-order chi connectivity index (χ0) is 32.5. The number of anilines is 1. The summed E-state index contributed by atoms with van der Waals surface area (Å²) in [4.78, 5) is 43.0. The Kier molecular flexibility index (Phi) is 12.8. The first-order chi connectivity index (χ1) is 20.8. The Labute approximate surface area is 248 Å². The van der Waals surface area contributed by atoms with Crippen molar-refractivity contribution in [1.82, 2.24) is 19.5 Å². The van der Waals surface area contributed by atoms with E-state index in [4.69, 9.17) is 20.9 Å². The Morgan fingerprint density at radius 2 is 1.61 bits per heavy atom. The van der Waals surface area contributed by atoms with Gasteiger partial charge in [0.1, 0.15) is 23.5 Å². The molecule has 21 nitrogen and oxygen atoms in total. The molecule has 0 saturated heterocycles. The van der Waals surface area contributed by atoms with Gasteiger partial charge in [0, 0.05) is 6.07 Å². The van der Waals surface area contributed by atoms with Gasteiger partial charge >= 0.3 is 15.6 Å². The first-order valence-electron chi connectivity index (χ1n) is 12.5. The highest BCUT2D eigenvalue weighted by molar-refractivity contribution is 7.61. The molecule has 0 bridgehead atoms. The van der Waals surface area contributed by atoms with E-state index in [1.165, 1.54) is 40.0 Å². The Morgan fingerprint density at radius 3 is 2.23 bits per heavy atom. The molecule has 44 heavy (non-hydrogen) atoms. The summed E-state index contributed by atoms with van der Waals surface area (Å²) in [7, 11) is -10.4. The predicted octanol–water partition coefficient (Wildman–Crippen LogP) is -2.52. The van der Waals surface area contributed by atoms with Gasteiger partial charge in [-0.1, -0.05) is 0 Å². The van der Waals surface area contributed by atoms with Crippen LogP contribution >= 0.6 is 15.6 Å². The van der Waals surface area contributed by atoms with Crippen LogP contribution in [0.4, 0.5) is 5.82 Å². The number of phosphoric ester groups is 2. The van der Waals surface area contributed by atoms with Gasteiger partial charge < -0.3 is 51.2 Å². The number of pyridine rings is 1. The maximum atomic E-state index is 12.2. The number of ether oxygens (including phenoxy) is 2. The second-order valence-corrected chi connectivity index (χ2v) is 11.7. The molecule has 23 heteroatoms. The summed E-state index contributed by atoms with van der Waals surface area (Å²) < 4.78 is 51.2. The van der Waals surface area contributed by atoms with E-state index in [-0.39, 0.29) is 22.5 Å². The van der Waals surface area contributed by atoms with Crippen molar-refractivity contribution in [3.63, 3.8) is 0 Å². The average molecular weight is 668 g/mol. The molecule has 3 aromatic heterocycles. The van der Waals surface area contributed by atoms with Crippen molar-refractivity contribution in [2.75, 3.05) is 45.4 Å². The largest absolute Gasteiger partial charge is 0.481 e. The molecule has 4 unspecified atom stereocenters. The fraction of sp³-hybridized carbons (Fsp3) is 0.476. The van der Waals surface area contributed by atoms with Gasteiger partial charge in [-0.25, -0.2) is 24.1 Å². The standard InChI is InChI=1S/C21H31N7O14P2/c22-17-16-19(25-11-24-17)28(12-26-16)21(15(32)10-30)39-5-7-41-44(36,37)42-43(34,35)40-6-4-38-20(14(31)9-29)27-3-1-2-13(8-27)18(23)33/h1-3,8,11-12,14-15,20-21,29-32H,4-7,9-10H2,(H5-,22,23,24,25,33,34,35,36,37)/p+1/t14?,15?,20-,21-/m0/s1. The number of aliphatic hydroxyl groups is 4. The van der Waals surface area contributed by atoms with Crippen molar-refractivity contribution in [3.05, 3.63) is 42.7 Å². The summed E-state index contributed by atoms with van der Waals surface area (Å²) in [5.74, 6) is -0.720. The monoisotopic (exact) mass is 668 g/mol. The molecule has 3 heterocycles. The van der Waals surface area contributed by atoms with E-state index in [0.29, 0.717) is 0 Å². The van der Waals surface area contributed by atoms with Crippen LogP contribution in [0.15, 0.2) is 37.2 Å². The lowest BCUT2D eigenvalue weighted by Crippen LogP contribution is -2.49. The minimum absolute atomic E-state index is 0.0475. The maximum Gasteiger partial charge on any atom is 0.481 e. The van der Waals surface area contributed by atoms with E-state index in [0.717, 1.165) is 6.33 Å². The molecule has 0 saturated carbocycles. The number of phosphoric acid groups is 2. The van der Waals surface area contributed by atoms with E-state index in [1.54, 1.807) is 0 Å². The van der Waals surface area contributed by atoms with Crippen molar-refractivity contribution in [2.45, 2.75) is 24.7 Å². The number of rotatable bonds is 19. The van der Waals surface area contributed by atoms with E-state index in [2.05, 4.69) is 28.3 Å². The third-order valence-electron chi connectivity index (χ3n) is 5.55. The minimum atomic E-state index is -5.21. The molecule has 0 aliphatic carbocycles. The quantitative estimate of drug-likeness (QED) is 0.0371. The van der Waals surface area contributed by atoms with Gasteiger partial charge in [0.2, 0.25) is 0 Å². The molecule has 3 aromatic rings. The number of aromatic nitrogens is 5. The summed E-state index contributed by atoms with van der Waals surface area (Å²) in [6.07, 6.45) is -0.594. The topological polar surface area (TPSA) is 318 Å². The first kappa shape index (κ1) is 35.5. The van der Waals surface area contributed by atoms with Gasteiger partial charge in [0.25, 0.3) is 12.1 Å². The van der Waals surface area contributed by atoms with Gasteiger partial charge in [-0.05, 0) is 6.07 Å². The van der Waals surface area contributed by atoms with Crippen molar-refractivity contribution in [2.24, 2.45) is 5.73 Å². The highest BCUT2D eigenvalue weighted by Crippen LogP contribution is 2.60. The Balaban J connectivity index is 1.50. The molecule has 1 amide bonds. The van der Waals surface area contributed by atoms with Crippen LogP contribution in [0.2, 0.25) is 0 Å². The number of amides is 1. The number of primary amides is 1. The molecule has 0 aliphatic rings. The number of aliphatic hydroxyl groups excluding tert-OH is 4. The van der Waals surface area contributed by atoms with Crippen LogP contribution in [-0.2, 0) is 32.0 Å². The molecule has 244 valence electrons. The van der Waals surface area contributed by atoms with Crippen molar-refractivity contribution in [1.29, 1.82) is 0 Å². The third kappa shape index (κ3) is 9.74. The van der Waals surface area contributed by atoms with Crippen molar-refractivity contribution >= 4 is 38.5 Å². The molecule has 0 aliphatic heterocycles. The molecule has 6 atom stereocenters. The number of fused-ring (bicyclic) bond motifs is 1. The number of nitrogens with zero attached hydrogens (tertiary/aromatic N) is 5. The van der Waals surface area contributed by atoms with E-state index < -0.39 is 85.9 Å². The first-order valence-corrected chi connectivity index (χ1v) is 15.5. The molecular weight excluding hydrogens is 636 g/mol. The lowest BCUT2D eigenvalue weighted by molar-refractivity contribution is -0.770. The summed E-state index contributed by atoms with van der Waals surface area (Å²) in [5.41, 5.74) is 11.4. The number of carbonyl (C=O) groups excluding carboxylic acids is 1. The van der Waals surface area contributed by atoms with Gasteiger partial charge in [-0.2, -0.15) is 8.88 Å². The van der Waals surface area contributed by atoms with Gasteiger partial charge in [0.05, 0.1) is 46.0 Å². The third-order valence-corrected chi connectivity index (χ3v) is 8.22. The average Bonchev–Trinajstić information content (AvgIpc) is 3.41. The van der Waals surface area contributed by atoms with Crippen LogP contribution in [0, 0.1) is 0 Å². The van der Waals surface area contributed by atoms with Crippen LogP contribution in [0.5, 0.6) is 0 Å². The lowest BCUT2D eigenvalue weighted by Gasteiger charge is -2.23. The highest BCUT2D eigenvalue weighted by atomic mass is 31.3. The van der Waals surface area contributed by atoms with E-state index in [1.807, 2.05) is 0 Å². The number of hydrogen-bond donors (Lipinski definition) is 8. The Bertz CT molecular complexity index is 1500. The summed E-state index contributed by atoms with van der Waals surface area (Å²) in [5, 5.41) is 39.0. The predicted molar refractivity (Wildman–Crippen MR) is 144 cm³/mol. The molecule has 0 radical (unpaired) electrons. The summed E-state index contributed by atoms with van der Waals surface area (Å²) in [6, 6.07) is 2.83. The SMILES string of the molecule is NC(=O)c1ccc[n+]([C@@H](OCCOP(=O)(O)OP(=O)(O)OCCO[C@@H](C(O)CO)n2cnc3c(N)ncnc32)C(O)CO)c1.